The van der Waals surface area contributed by atoms with E-state index in [1.54, 1.807) is 13.8 Å². The Hall–Kier alpha value is -1.85. The number of nitrogens with zero attached hydrogens (tertiary/aromatic N) is 1. The van der Waals surface area contributed by atoms with Crippen molar-refractivity contribution in [3.63, 3.8) is 0 Å². The molecule has 1 heterocycles. The Bertz CT molecular complexity index is 477. The fraction of sp³-hybridized carbons (Fsp3) is 0.643. The summed E-state index contributed by atoms with van der Waals surface area (Å²) in [6, 6.07) is 1.68. The van der Waals surface area contributed by atoms with Crippen LogP contribution in [0.2, 0.25) is 0 Å². The third-order valence-electron chi connectivity index (χ3n) is 3.43. The second-order valence-electron chi connectivity index (χ2n) is 5.22. The number of nitrogens with one attached hydrogen (secondary N) is 1. The molecule has 2 rings (SSSR count). The molecule has 0 aromatic carbocycles. The highest BCUT2D eigenvalue weighted by atomic mass is 16.6. The van der Waals surface area contributed by atoms with Crippen molar-refractivity contribution in [2.24, 2.45) is 0 Å². The normalized spacial score (nSPS) is 17.5. The van der Waals surface area contributed by atoms with Crippen LogP contribution in [0.4, 0.5) is 0 Å². The van der Waals surface area contributed by atoms with Crippen LogP contribution < -0.4 is 5.32 Å². The summed E-state index contributed by atoms with van der Waals surface area (Å²) in [6.45, 7) is 3.26. The smallest absolute Gasteiger partial charge is 0.377 e. The van der Waals surface area contributed by atoms with Crippen molar-refractivity contribution in [3.05, 3.63) is 17.5 Å². The maximum absolute atomic E-state index is 11.9. The van der Waals surface area contributed by atoms with Gasteiger partial charge in [0.15, 0.2) is 6.10 Å². The molecule has 1 aromatic rings. The van der Waals surface area contributed by atoms with Gasteiger partial charge in [-0.1, -0.05) is 24.4 Å². The number of hydrogen-bond donors (Lipinski definition) is 1. The Labute approximate surface area is 117 Å². The summed E-state index contributed by atoms with van der Waals surface area (Å²) >= 11 is 0. The molecule has 110 valence electrons. The maximum Gasteiger partial charge on any atom is 0.377 e. The first-order valence-corrected chi connectivity index (χ1v) is 7.01. The van der Waals surface area contributed by atoms with Crippen molar-refractivity contribution in [1.29, 1.82) is 0 Å². The predicted molar refractivity (Wildman–Crippen MR) is 71.1 cm³/mol. The summed E-state index contributed by atoms with van der Waals surface area (Å²) in [5.74, 6) is -0.918. The number of carbonyl (C=O) groups is 2. The first-order valence-electron chi connectivity index (χ1n) is 7.01. The van der Waals surface area contributed by atoms with Gasteiger partial charge in [-0.15, -0.1) is 0 Å². The van der Waals surface area contributed by atoms with E-state index in [0.29, 0.717) is 5.69 Å². The van der Waals surface area contributed by atoms with E-state index in [9.17, 15) is 9.59 Å². The summed E-state index contributed by atoms with van der Waals surface area (Å²) in [5, 5.41) is 6.53. The zero-order chi connectivity index (χ0) is 14.5. The molecular formula is C14H20N2O4. The highest BCUT2D eigenvalue weighted by molar-refractivity contribution is 5.90. The fourth-order valence-electron chi connectivity index (χ4n) is 2.30. The van der Waals surface area contributed by atoms with Crippen LogP contribution in [-0.4, -0.2) is 29.2 Å². The molecule has 0 unspecified atom stereocenters. The number of ether oxygens (including phenoxy) is 1. The molecular weight excluding hydrogens is 260 g/mol. The van der Waals surface area contributed by atoms with Crippen LogP contribution >= 0.6 is 0 Å². The third-order valence-corrected chi connectivity index (χ3v) is 3.43. The molecule has 0 radical (unpaired) electrons. The van der Waals surface area contributed by atoms with Crippen LogP contribution in [0.25, 0.3) is 0 Å². The van der Waals surface area contributed by atoms with E-state index >= 15 is 0 Å². The van der Waals surface area contributed by atoms with Gasteiger partial charge >= 0.3 is 5.97 Å². The molecule has 1 saturated carbocycles. The van der Waals surface area contributed by atoms with Gasteiger partial charge in [-0.25, -0.2) is 4.79 Å². The van der Waals surface area contributed by atoms with E-state index in [-0.39, 0.29) is 17.7 Å². The van der Waals surface area contributed by atoms with E-state index in [2.05, 4.69) is 10.5 Å². The SMILES string of the molecule is Cc1cc(C(=O)O[C@H](C)C(=O)NC2CCCCC2)on1. The minimum Gasteiger partial charge on any atom is -0.447 e. The molecule has 6 heteroatoms. The van der Waals surface area contributed by atoms with Gasteiger partial charge in [0.1, 0.15) is 0 Å². The first-order chi connectivity index (χ1) is 9.56. The van der Waals surface area contributed by atoms with Gasteiger partial charge < -0.3 is 14.6 Å². The highest BCUT2D eigenvalue weighted by Gasteiger charge is 2.24. The van der Waals surface area contributed by atoms with Crippen molar-refractivity contribution in [3.8, 4) is 0 Å². The van der Waals surface area contributed by atoms with Crippen LogP contribution in [0.1, 0.15) is 55.3 Å². The van der Waals surface area contributed by atoms with Crippen LogP contribution in [0.3, 0.4) is 0 Å². The summed E-state index contributed by atoms with van der Waals surface area (Å²) < 4.78 is 9.87. The van der Waals surface area contributed by atoms with Crippen molar-refractivity contribution < 1.29 is 18.8 Å². The molecule has 1 atom stereocenters. The van der Waals surface area contributed by atoms with Gasteiger partial charge in [-0.3, -0.25) is 4.79 Å². The van der Waals surface area contributed by atoms with E-state index in [0.717, 1.165) is 25.7 Å². The highest BCUT2D eigenvalue weighted by Crippen LogP contribution is 2.17. The number of esters is 1. The molecule has 1 aliphatic carbocycles. The number of amides is 1. The second-order valence-corrected chi connectivity index (χ2v) is 5.22. The number of aromatic nitrogens is 1. The van der Waals surface area contributed by atoms with Crippen molar-refractivity contribution in [2.75, 3.05) is 0 Å². The Morgan fingerprint density at radius 2 is 2.10 bits per heavy atom. The monoisotopic (exact) mass is 280 g/mol. The Kier molecular flexibility index (Phi) is 4.76. The summed E-state index contributed by atoms with van der Waals surface area (Å²) in [7, 11) is 0. The van der Waals surface area contributed by atoms with Gasteiger partial charge in [0, 0.05) is 12.1 Å². The van der Waals surface area contributed by atoms with Gasteiger partial charge in [-0.2, -0.15) is 0 Å². The molecule has 20 heavy (non-hydrogen) atoms. The van der Waals surface area contributed by atoms with E-state index in [1.807, 2.05) is 0 Å². The predicted octanol–water partition coefficient (Wildman–Crippen LogP) is 1.98. The number of hydrogen-bond acceptors (Lipinski definition) is 5. The van der Waals surface area contributed by atoms with Crippen molar-refractivity contribution >= 4 is 11.9 Å². The van der Waals surface area contributed by atoms with Gasteiger partial charge in [0.05, 0.1) is 5.69 Å². The maximum atomic E-state index is 11.9. The minimum atomic E-state index is -0.838. The number of aryl methyl sites for hydroxylation is 1. The lowest BCUT2D eigenvalue weighted by Gasteiger charge is -2.24. The number of carbonyl (C=O) groups excluding carboxylic acids is 2. The van der Waals surface area contributed by atoms with E-state index < -0.39 is 12.1 Å². The topological polar surface area (TPSA) is 81.4 Å². The molecule has 0 spiro atoms. The third kappa shape index (κ3) is 3.82. The summed E-state index contributed by atoms with van der Waals surface area (Å²) in [4.78, 5) is 23.7. The lowest BCUT2D eigenvalue weighted by Crippen LogP contribution is -2.42. The molecule has 0 aliphatic heterocycles. The number of rotatable bonds is 4. The lowest BCUT2D eigenvalue weighted by atomic mass is 9.95. The fourth-order valence-corrected chi connectivity index (χ4v) is 2.30. The van der Waals surface area contributed by atoms with Gasteiger partial charge in [0.2, 0.25) is 5.76 Å². The van der Waals surface area contributed by atoms with Crippen LogP contribution in [0.5, 0.6) is 0 Å². The molecule has 0 saturated heterocycles. The van der Waals surface area contributed by atoms with Crippen LogP contribution in [0, 0.1) is 6.92 Å². The lowest BCUT2D eigenvalue weighted by molar-refractivity contribution is -0.130. The molecule has 1 aromatic heterocycles. The Morgan fingerprint density at radius 3 is 2.70 bits per heavy atom. The van der Waals surface area contributed by atoms with Crippen molar-refractivity contribution in [2.45, 2.75) is 58.1 Å². The molecule has 1 aliphatic rings. The Balaban J connectivity index is 1.82. The average Bonchev–Trinajstić information content (AvgIpc) is 2.86. The minimum absolute atomic E-state index is 0.0137. The zero-order valence-electron chi connectivity index (χ0n) is 11.8. The summed E-state index contributed by atoms with van der Waals surface area (Å²) in [5.41, 5.74) is 0.594. The van der Waals surface area contributed by atoms with E-state index in [4.69, 9.17) is 9.26 Å². The van der Waals surface area contributed by atoms with Crippen LogP contribution in [0.15, 0.2) is 10.6 Å². The van der Waals surface area contributed by atoms with Gasteiger partial charge in [0.25, 0.3) is 5.91 Å². The summed E-state index contributed by atoms with van der Waals surface area (Å²) in [6.07, 6.45) is 4.64. The van der Waals surface area contributed by atoms with Crippen molar-refractivity contribution in [1.82, 2.24) is 10.5 Å². The molecule has 6 nitrogen and oxygen atoms in total. The van der Waals surface area contributed by atoms with Crippen LogP contribution in [-0.2, 0) is 9.53 Å². The molecule has 1 amide bonds. The molecule has 1 fully saturated rings. The Morgan fingerprint density at radius 1 is 1.40 bits per heavy atom. The quantitative estimate of drug-likeness (QED) is 0.853. The van der Waals surface area contributed by atoms with E-state index in [1.165, 1.54) is 12.5 Å². The zero-order valence-corrected chi connectivity index (χ0v) is 11.8. The largest absolute Gasteiger partial charge is 0.447 e. The first kappa shape index (κ1) is 14.6. The molecule has 1 N–H and O–H groups in total. The average molecular weight is 280 g/mol. The standard InChI is InChI=1S/C14H20N2O4/c1-9-8-12(20-16-9)14(18)19-10(2)13(17)15-11-6-4-3-5-7-11/h8,10-11H,3-7H2,1-2H3,(H,15,17)/t10-/m1/s1. The molecule has 0 bridgehead atoms. The van der Waals surface area contributed by atoms with Gasteiger partial charge in [-0.05, 0) is 26.7 Å². The second kappa shape index (κ2) is 6.54.